The van der Waals surface area contributed by atoms with Crippen molar-refractivity contribution in [3.8, 4) is 0 Å². The third kappa shape index (κ3) is 1.99. The largest absolute Gasteiger partial charge is 0.338 e. The molecule has 0 atom stereocenters. The van der Waals surface area contributed by atoms with Crippen LogP contribution in [0.2, 0.25) is 0 Å². The molecule has 2 amide bonds. The van der Waals surface area contributed by atoms with Crippen LogP contribution in [-0.4, -0.2) is 19.1 Å². The lowest BCUT2D eigenvalue weighted by atomic mass is 10.1. The van der Waals surface area contributed by atoms with Crippen LogP contribution < -0.4 is 16.0 Å². The SMILES string of the molecule is NCc1ccc(N2CCCNC2=O)c(F)c1. The number of anilines is 1. The van der Waals surface area contributed by atoms with Gasteiger partial charge in [-0.25, -0.2) is 9.18 Å². The van der Waals surface area contributed by atoms with Crippen LogP contribution in [0.5, 0.6) is 0 Å². The first-order valence-electron chi connectivity index (χ1n) is 5.26. The zero-order chi connectivity index (χ0) is 11.5. The Morgan fingerprint density at radius 2 is 2.31 bits per heavy atom. The van der Waals surface area contributed by atoms with E-state index in [9.17, 15) is 9.18 Å². The van der Waals surface area contributed by atoms with Gasteiger partial charge in [0.1, 0.15) is 5.82 Å². The van der Waals surface area contributed by atoms with Gasteiger partial charge >= 0.3 is 6.03 Å². The number of rotatable bonds is 2. The monoisotopic (exact) mass is 223 g/mol. The van der Waals surface area contributed by atoms with Crippen molar-refractivity contribution in [3.05, 3.63) is 29.6 Å². The van der Waals surface area contributed by atoms with Crippen molar-refractivity contribution >= 4 is 11.7 Å². The molecule has 1 aromatic carbocycles. The van der Waals surface area contributed by atoms with Gasteiger partial charge in [-0.2, -0.15) is 0 Å². The lowest BCUT2D eigenvalue weighted by Crippen LogP contribution is -2.46. The van der Waals surface area contributed by atoms with Gasteiger partial charge in [0, 0.05) is 19.6 Å². The van der Waals surface area contributed by atoms with Crippen molar-refractivity contribution in [2.45, 2.75) is 13.0 Å². The first-order chi connectivity index (χ1) is 7.72. The van der Waals surface area contributed by atoms with Gasteiger partial charge in [-0.1, -0.05) is 6.07 Å². The molecule has 0 spiro atoms. The van der Waals surface area contributed by atoms with Gasteiger partial charge in [-0.15, -0.1) is 0 Å². The Labute approximate surface area is 93.2 Å². The molecule has 0 saturated carbocycles. The van der Waals surface area contributed by atoms with Gasteiger partial charge < -0.3 is 11.1 Å². The highest BCUT2D eigenvalue weighted by Gasteiger charge is 2.21. The Bertz CT molecular complexity index is 408. The molecule has 1 aliphatic rings. The zero-order valence-corrected chi connectivity index (χ0v) is 8.87. The van der Waals surface area contributed by atoms with Crippen molar-refractivity contribution in [2.75, 3.05) is 18.0 Å². The molecule has 0 radical (unpaired) electrons. The first-order valence-corrected chi connectivity index (χ1v) is 5.26. The maximum atomic E-state index is 13.7. The second kappa shape index (κ2) is 4.49. The summed E-state index contributed by atoms with van der Waals surface area (Å²) in [5.41, 5.74) is 6.45. The van der Waals surface area contributed by atoms with E-state index in [4.69, 9.17) is 5.73 Å². The minimum Gasteiger partial charge on any atom is -0.338 e. The summed E-state index contributed by atoms with van der Waals surface area (Å²) in [5.74, 6) is -0.403. The smallest absolute Gasteiger partial charge is 0.321 e. The summed E-state index contributed by atoms with van der Waals surface area (Å²) in [5, 5.41) is 2.68. The van der Waals surface area contributed by atoms with Gasteiger partial charge in [-0.3, -0.25) is 4.90 Å². The fourth-order valence-corrected chi connectivity index (χ4v) is 1.76. The lowest BCUT2D eigenvalue weighted by Gasteiger charge is -2.27. The number of carbonyl (C=O) groups excluding carboxylic acids is 1. The Balaban J connectivity index is 2.28. The standard InChI is InChI=1S/C11H14FN3O/c12-9-6-8(7-13)2-3-10(9)15-5-1-4-14-11(15)16/h2-3,6H,1,4-5,7,13H2,(H,14,16). The van der Waals surface area contributed by atoms with E-state index in [1.54, 1.807) is 12.1 Å². The van der Waals surface area contributed by atoms with Gasteiger partial charge in [0.05, 0.1) is 5.69 Å². The predicted octanol–water partition coefficient (Wildman–Crippen LogP) is 1.20. The first kappa shape index (κ1) is 10.9. The van der Waals surface area contributed by atoms with Crippen LogP contribution in [0.1, 0.15) is 12.0 Å². The lowest BCUT2D eigenvalue weighted by molar-refractivity contribution is 0.242. The molecule has 2 rings (SSSR count). The van der Waals surface area contributed by atoms with E-state index < -0.39 is 5.82 Å². The number of carbonyl (C=O) groups is 1. The molecule has 3 N–H and O–H groups in total. The average Bonchev–Trinajstić information content (AvgIpc) is 2.30. The molecule has 0 aromatic heterocycles. The van der Waals surface area contributed by atoms with Gasteiger partial charge in [-0.05, 0) is 24.1 Å². The van der Waals surface area contributed by atoms with Crippen molar-refractivity contribution in [3.63, 3.8) is 0 Å². The minimum absolute atomic E-state index is 0.245. The van der Waals surface area contributed by atoms with Crippen LogP contribution in [0.3, 0.4) is 0 Å². The molecule has 1 fully saturated rings. The molecule has 1 saturated heterocycles. The molecule has 0 unspecified atom stereocenters. The molecular formula is C11H14FN3O. The van der Waals surface area contributed by atoms with Crippen LogP contribution in [-0.2, 0) is 6.54 Å². The fourth-order valence-electron chi connectivity index (χ4n) is 1.76. The van der Waals surface area contributed by atoms with E-state index in [0.717, 1.165) is 12.0 Å². The molecule has 86 valence electrons. The Hall–Kier alpha value is -1.62. The van der Waals surface area contributed by atoms with Crippen LogP contribution in [0, 0.1) is 5.82 Å². The van der Waals surface area contributed by atoms with Crippen molar-refractivity contribution in [1.82, 2.24) is 5.32 Å². The summed E-state index contributed by atoms with van der Waals surface area (Å²) in [4.78, 5) is 12.9. The summed E-state index contributed by atoms with van der Waals surface area (Å²) in [6, 6.07) is 4.46. The molecule has 0 bridgehead atoms. The number of nitrogens with two attached hydrogens (primary N) is 1. The highest BCUT2D eigenvalue weighted by Crippen LogP contribution is 2.22. The second-order valence-corrected chi connectivity index (χ2v) is 3.73. The van der Waals surface area contributed by atoms with Gasteiger partial charge in [0.25, 0.3) is 0 Å². The number of halogens is 1. The van der Waals surface area contributed by atoms with E-state index in [2.05, 4.69) is 5.32 Å². The second-order valence-electron chi connectivity index (χ2n) is 3.73. The molecule has 4 nitrogen and oxygen atoms in total. The molecule has 1 aliphatic heterocycles. The third-order valence-corrected chi connectivity index (χ3v) is 2.62. The fraction of sp³-hybridized carbons (Fsp3) is 0.364. The van der Waals surface area contributed by atoms with E-state index in [0.29, 0.717) is 25.3 Å². The maximum absolute atomic E-state index is 13.7. The maximum Gasteiger partial charge on any atom is 0.321 e. The zero-order valence-electron chi connectivity index (χ0n) is 8.87. The summed E-state index contributed by atoms with van der Waals surface area (Å²) >= 11 is 0. The summed E-state index contributed by atoms with van der Waals surface area (Å²) < 4.78 is 13.7. The number of benzene rings is 1. The van der Waals surface area contributed by atoms with E-state index >= 15 is 0 Å². The number of hydrogen-bond donors (Lipinski definition) is 2. The Morgan fingerprint density at radius 1 is 1.50 bits per heavy atom. The normalized spacial score (nSPS) is 16.1. The van der Waals surface area contributed by atoms with E-state index in [1.807, 2.05) is 0 Å². The topological polar surface area (TPSA) is 58.4 Å². The highest BCUT2D eigenvalue weighted by molar-refractivity contribution is 5.92. The number of nitrogens with one attached hydrogen (secondary N) is 1. The minimum atomic E-state index is -0.403. The number of urea groups is 1. The molecule has 1 aromatic rings. The third-order valence-electron chi connectivity index (χ3n) is 2.62. The van der Waals surface area contributed by atoms with Crippen molar-refractivity contribution < 1.29 is 9.18 Å². The predicted molar refractivity (Wildman–Crippen MR) is 59.7 cm³/mol. The average molecular weight is 223 g/mol. The van der Waals surface area contributed by atoms with Crippen LogP contribution in [0.15, 0.2) is 18.2 Å². The summed E-state index contributed by atoms with van der Waals surface area (Å²) in [7, 11) is 0. The van der Waals surface area contributed by atoms with Crippen LogP contribution in [0.25, 0.3) is 0 Å². The molecular weight excluding hydrogens is 209 g/mol. The number of nitrogens with zero attached hydrogens (tertiary/aromatic N) is 1. The summed E-state index contributed by atoms with van der Waals surface area (Å²) in [6.45, 7) is 1.49. The van der Waals surface area contributed by atoms with Crippen molar-refractivity contribution in [2.24, 2.45) is 5.73 Å². The Kier molecular flexibility index (Phi) is 3.05. The Morgan fingerprint density at radius 3 is 2.94 bits per heavy atom. The number of amides is 2. The van der Waals surface area contributed by atoms with E-state index in [1.165, 1.54) is 11.0 Å². The quantitative estimate of drug-likeness (QED) is 0.791. The summed E-state index contributed by atoms with van der Waals surface area (Å²) in [6.07, 6.45) is 0.823. The molecule has 0 aliphatic carbocycles. The molecule has 5 heteroatoms. The highest BCUT2D eigenvalue weighted by atomic mass is 19.1. The van der Waals surface area contributed by atoms with Crippen LogP contribution in [0.4, 0.5) is 14.9 Å². The van der Waals surface area contributed by atoms with Gasteiger partial charge in [0.15, 0.2) is 0 Å². The molecule has 1 heterocycles. The van der Waals surface area contributed by atoms with E-state index in [-0.39, 0.29) is 6.03 Å². The molecule has 16 heavy (non-hydrogen) atoms. The van der Waals surface area contributed by atoms with Gasteiger partial charge in [0.2, 0.25) is 0 Å². The van der Waals surface area contributed by atoms with Crippen LogP contribution >= 0.6 is 0 Å². The number of hydrogen-bond acceptors (Lipinski definition) is 2. The van der Waals surface area contributed by atoms with Crippen molar-refractivity contribution in [1.29, 1.82) is 0 Å².